The number of alkyl halides is 5. The fourth-order valence-corrected chi connectivity index (χ4v) is 9.27. The van der Waals surface area contributed by atoms with Crippen molar-refractivity contribution in [2.45, 2.75) is 41.4 Å². The van der Waals surface area contributed by atoms with Gasteiger partial charge in [-0.15, -0.1) is 47.7 Å². The van der Waals surface area contributed by atoms with Crippen molar-refractivity contribution >= 4 is 63.9 Å². The Hall–Kier alpha value is -4.22. The maximum atomic E-state index is 15.2. The summed E-state index contributed by atoms with van der Waals surface area (Å²) in [6.45, 7) is -0.137. The van der Waals surface area contributed by atoms with E-state index in [1.54, 1.807) is 17.5 Å². The van der Waals surface area contributed by atoms with Gasteiger partial charge >= 0.3 is 6.36 Å². The topological polar surface area (TPSA) is 104 Å². The van der Waals surface area contributed by atoms with E-state index in [9.17, 15) is 50.6 Å². The van der Waals surface area contributed by atoms with Crippen LogP contribution in [-0.4, -0.2) is 49.7 Å². The summed E-state index contributed by atoms with van der Waals surface area (Å²) in [4.78, 5) is 51.2. The van der Waals surface area contributed by atoms with Crippen molar-refractivity contribution in [1.82, 2.24) is 4.90 Å². The van der Waals surface area contributed by atoms with Crippen molar-refractivity contribution in [2.75, 3.05) is 4.90 Å². The second kappa shape index (κ2) is 11.6. The van der Waals surface area contributed by atoms with E-state index in [0.717, 1.165) is 11.0 Å². The Balaban J connectivity index is 1.44. The molecule has 2 aromatic carbocycles. The van der Waals surface area contributed by atoms with Gasteiger partial charge in [0.25, 0.3) is 11.8 Å². The van der Waals surface area contributed by atoms with E-state index in [-0.39, 0.29) is 18.5 Å². The number of amides is 4. The van der Waals surface area contributed by atoms with Gasteiger partial charge in [0.15, 0.2) is 33.0 Å². The minimum atomic E-state index is -5.28. The minimum absolute atomic E-state index is 0.0680. The number of hydrogen-bond acceptors (Lipinski definition) is 7. The maximum Gasteiger partial charge on any atom is 0.573 e. The van der Waals surface area contributed by atoms with Crippen molar-refractivity contribution in [2.24, 2.45) is 17.8 Å². The van der Waals surface area contributed by atoms with Crippen molar-refractivity contribution in [3.8, 4) is 11.5 Å². The molecule has 7 rings (SSSR count). The quantitative estimate of drug-likeness (QED) is 0.0763. The van der Waals surface area contributed by atoms with Gasteiger partial charge < -0.3 is 9.84 Å². The average Bonchev–Trinajstić information content (AvgIpc) is 3.71. The van der Waals surface area contributed by atoms with Crippen molar-refractivity contribution < 1.29 is 64.1 Å². The van der Waals surface area contributed by atoms with Crippen LogP contribution in [0.25, 0.3) is 0 Å². The molecule has 19 heteroatoms. The lowest BCUT2D eigenvalue weighted by Crippen LogP contribution is -2.60. The fraction of sp³-hybridized carbons (Fsp3) is 0.312. The molecule has 2 aliphatic carbocycles. The number of phenols is 1. The largest absolute Gasteiger partial charge is 0.573 e. The molecule has 1 aromatic heterocycles. The molecule has 51 heavy (non-hydrogen) atoms. The summed E-state index contributed by atoms with van der Waals surface area (Å²) >= 11 is 15.2. The Morgan fingerprint density at radius 2 is 1.55 bits per heavy atom. The number of thiophene rings is 1. The zero-order valence-corrected chi connectivity index (χ0v) is 27.4. The molecular weight excluding hydrogens is 763 g/mol. The van der Waals surface area contributed by atoms with Crippen molar-refractivity contribution in [1.29, 1.82) is 0 Å². The number of nitrogens with zero attached hydrogens (tertiary/aromatic N) is 2. The number of likely N-dealkylation sites (tertiary alicyclic amines) is 1. The highest BCUT2D eigenvalue weighted by Gasteiger charge is 2.77. The van der Waals surface area contributed by atoms with E-state index in [2.05, 4.69) is 4.74 Å². The number of ether oxygens (including phenoxy) is 1. The molecule has 1 N–H and O–H groups in total. The number of aromatic hydroxyl groups is 1. The van der Waals surface area contributed by atoms with Crippen LogP contribution in [0, 0.1) is 46.8 Å². The van der Waals surface area contributed by atoms with E-state index in [1.165, 1.54) is 17.4 Å². The Kier molecular flexibility index (Phi) is 8.04. The predicted molar refractivity (Wildman–Crippen MR) is 161 cm³/mol. The van der Waals surface area contributed by atoms with Crippen LogP contribution >= 0.6 is 34.5 Å². The third-order valence-corrected chi connectivity index (χ3v) is 12.0. The van der Waals surface area contributed by atoms with Gasteiger partial charge in [-0.25, -0.2) is 26.9 Å². The molecule has 2 saturated heterocycles. The van der Waals surface area contributed by atoms with Crippen molar-refractivity contribution in [3.63, 3.8) is 0 Å². The third-order valence-electron chi connectivity index (χ3n) is 9.75. The zero-order valence-electron chi connectivity index (χ0n) is 25.0. The molecule has 3 fully saturated rings. The van der Waals surface area contributed by atoms with Crippen LogP contribution in [0.15, 0.2) is 47.4 Å². The molecular formula is C32H18Cl2F8N2O6S. The highest BCUT2D eigenvalue weighted by molar-refractivity contribution is 7.09. The molecule has 0 spiro atoms. The summed E-state index contributed by atoms with van der Waals surface area (Å²) in [6, 6.07) is 5.37. The van der Waals surface area contributed by atoms with Gasteiger partial charge in [-0.1, -0.05) is 17.7 Å². The summed E-state index contributed by atoms with van der Waals surface area (Å²) in [5.41, 5.74) is -2.74. The lowest BCUT2D eigenvalue weighted by Gasteiger charge is -2.50. The van der Waals surface area contributed by atoms with Crippen LogP contribution in [0.1, 0.15) is 29.2 Å². The summed E-state index contributed by atoms with van der Waals surface area (Å²) < 4.78 is 117. The molecule has 1 saturated carbocycles. The SMILES string of the molecule is O=C1C2CC=C3C(CC4(Cl)C(=O)N(c5c(F)c(F)c(F)c(F)c5F)C(=O)C4(Cl)C3c3cc(OC(F)(F)F)ccc3O)C2C(=O)N1Cc1cccs1. The predicted octanol–water partition coefficient (Wildman–Crippen LogP) is 6.81. The van der Waals surface area contributed by atoms with E-state index in [1.807, 2.05) is 0 Å². The Labute approximate surface area is 294 Å². The smallest absolute Gasteiger partial charge is 0.508 e. The number of fused-ring (bicyclic) bond motifs is 4. The van der Waals surface area contributed by atoms with Crippen LogP contribution in [0.3, 0.4) is 0 Å². The van der Waals surface area contributed by atoms with Crippen LogP contribution in [0.5, 0.6) is 11.5 Å². The number of phenolic OH excluding ortho intramolecular Hbond substituents is 1. The highest BCUT2D eigenvalue weighted by atomic mass is 35.5. The Morgan fingerprint density at radius 1 is 0.902 bits per heavy atom. The summed E-state index contributed by atoms with van der Waals surface area (Å²) in [5, 5.41) is 12.7. The summed E-state index contributed by atoms with van der Waals surface area (Å²) in [7, 11) is 0. The lowest BCUT2D eigenvalue weighted by atomic mass is 9.56. The summed E-state index contributed by atoms with van der Waals surface area (Å²) in [5.74, 6) is -25.4. The third kappa shape index (κ3) is 4.90. The van der Waals surface area contributed by atoms with Gasteiger partial charge in [0.2, 0.25) is 17.6 Å². The normalized spacial score (nSPS) is 28.9. The fourth-order valence-electron chi connectivity index (χ4n) is 7.65. The molecule has 3 aromatic rings. The molecule has 268 valence electrons. The van der Waals surface area contributed by atoms with Crippen molar-refractivity contribution in [3.05, 3.63) is 86.9 Å². The van der Waals surface area contributed by atoms with Crippen LogP contribution in [0.2, 0.25) is 0 Å². The monoisotopic (exact) mass is 780 g/mol. The molecule has 6 atom stereocenters. The minimum Gasteiger partial charge on any atom is -0.508 e. The second-order valence-corrected chi connectivity index (χ2v) is 14.6. The first kappa shape index (κ1) is 35.2. The molecule has 0 radical (unpaired) electrons. The number of hydrogen-bond donors (Lipinski definition) is 1. The molecule has 4 aliphatic rings. The molecule has 8 nitrogen and oxygen atoms in total. The Morgan fingerprint density at radius 3 is 2.16 bits per heavy atom. The Bertz CT molecular complexity index is 2070. The molecule has 0 bridgehead atoms. The van der Waals surface area contributed by atoms with Gasteiger partial charge in [-0.2, -0.15) is 0 Å². The highest BCUT2D eigenvalue weighted by Crippen LogP contribution is 2.67. The number of benzene rings is 2. The van der Waals surface area contributed by atoms with Crippen LogP contribution in [-0.2, 0) is 25.7 Å². The van der Waals surface area contributed by atoms with E-state index < -0.39 is 127 Å². The van der Waals surface area contributed by atoms with Crippen LogP contribution < -0.4 is 9.64 Å². The number of imide groups is 2. The number of rotatable bonds is 5. The maximum absolute atomic E-state index is 15.2. The first-order valence-electron chi connectivity index (χ1n) is 14.8. The molecule has 2 aliphatic heterocycles. The number of carbonyl (C=O) groups excluding carboxylic acids is 4. The second-order valence-electron chi connectivity index (χ2n) is 12.3. The number of allylic oxidation sites excluding steroid dienone is 2. The lowest BCUT2D eigenvalue weighted by molar-refractivity contribution is -0.274. The average molecular weight is 781 g/mol. The molecule has 3 heterocycles. The number of anilines is 1. The van der Waals surface area contributed by atoms with Gasteiger partial charge in [0, 0.05) is 16.4 Å². The van der Waals surface area contributed by atoms with E-state index >= 15 is 8.78 Å². The molecule has 4 amide bonds. The number of carbonyl (C=O) groups is 4. The number of halogens is 10. The van der Waals surface area contributed by atoms with E-state index in [0.29, 0.717) is 17.0 Å². The van der Waals surface area contributed by atoms with E-state index in [4.69, 9.17) is 23.2 Å². The standard InChI is InChI=1S/C32H18Cl2F8N2O6S/c33-30-9-16-13(4-5-14-18(16)27(47)43(26(14)46)10-12-2-1-7-51-12)19(15-8-11(3-6-17(15)45)50-32(40,41)42)31(30,34)29(49)44(28(30)48)25-23(38)21(36)20(35)22(37)24(25)39/h1-4,6-8,14,16,18-19,45H,5,9-10H2. The van der Waals surface area contributed by atoms with Gasteiger partial charge in [0.1, 0.15) is 17.2 Å². The van der Waals surface area contributed by atoms with Crippen LogP contribution in [0.4, 0.5) is 40.8 Å². The van der Waals surface area contributed by atoms with Gasteiger partial charge in [-0.3, -0.25) is 24.1 Å². The van der Waals surface area contributed by atoms with Gasteiger partial charge in [0.05, 0.1) is 18.4 Å². The first-order valence-corrected chi connectivity index (χ1v) is 16.4. The van der Waals surface area contributed by atoms with Gasteiger partial charge in [-0.05, 0) is 48.4 Å². The molecule has 6 unspecified atom stereocenters. The zero-order chi connectivity index (χ0) is 37.1. The first-order chi connectivity index (χ1) is 23.8. The summed E-state index contributed by atoms with van der Waals surface area (Å²) in [6.07, 6.45) is -4.97.